The highest BCUT2D eigenvalue weighted by Gasteiger charge is 2.31. The number of benzene rings is 7. The molecule has 7 aromatic carbocycles. The molecule has 0 fully saturated rings. The highest BCUT2D eigenvalue weighted by Crippen LogP contribution is 2.55. The Morgan fingerprint density at radius 1 is 0.318 bits per heavy atom. The summed E-state index contributed by atoms with van der Waals surface area (Å²) >= 11 is 0. The van der Waals surface area contributed by atoms with Crippen LogP contribution in [0.2, 0.25) is 0 Å². The minimum Gasteiger partial charge on any atom is -0.306 e. The van der Waals surface area contributed by atoms with E-state index < -0.39 is 0 Å². The number of hydrogen-bond acceptors (Lipinski definition) is 2. The molecule has 0 atom stereocenters. The summed E-state index contributed by atoms with van der Waals surface area (Å²) in [6, 6.07) is 57.2. The van der Waals surface area contributed by atoms with Crippen LogP contribution in [-0.2, 0) is 0 Å². The first kappa shape index (κ1) is 26.1. The van der Waals surface area contributed by atoms with Crippen LogP contribution < -0.4 is 9.80 Å². The molecule has 2 nitrogen and oxygen atoms in total. The molecule has 8 rings (SSSR count). The van der Waals surface area contributed by atoms with Crippen molar-refractivity contribution >= 4 is 44.9 Å². The van der Waals surface area contributed by atoms with Gasteiger partial charge in [0.2, 0.25) is 0 Å². The van der Waals surface area contributed by atoms with Crippen molar-refractivity contribution in [3.63, 3.8) is 0 Å². The molecule has 1 aliphatic heterocycles. The lowest BCUT2D eigenvalue weighted by atomic mass is 9.97. The van der Waals surface area contributed by atoms with E-state index in [1.807, 2.05) is 0 Å². The lowest BCUT2D eigenvalue weighted by Gasteiger charge is -2.41. The summed E-state index contributed by atoms with van der Waals surface area (Å²) in [4.78, 5) is 4.88. The molecule has 0 unspecified atom stereocenters. The normalized spacial score (nSPS) is 12.2. The lowest BCUT2D eigenvalue weighted by molar-refractivity contribution is 1.16. The quantitative estimate of drug-likeness (QED) is 0.210. The highest BCUT2D eigenvalue weighted by molar-refractivity contribution is 6.06. The molecule has 0 spiro atoms. The molecule has 1 heterocycles. The number of fused-ring (bicyclic) bond motifs is 3. The third kappa shape index (κ3) is 4.44. The summed E-state index contributed by atoms with van der Waals surface area (Å²) in [7, 11) is 0. The van der Waals surface area contributed by atoms with Crippen LogP contribution in [0.4, 0.5) is 34.1 Å². The number of anilines is 6. The van der Waals surface area contributed by atoms with E-state index >= 15 is 0 Å². The Morgan fingerprint density at radius 2 is 0.636 bits per heavy atom. The van der Waals surface area contributed by atoms with Gasteiger partial charge in [-0.1, -0.05) is 109 Å². The number of hydrogen-bond donors (Lipinski definition) is 0. The maximum atomic E-state index is 2.44. The number of rotatable bonds is 4. The van der Waals surface area contributed by atoms with Crippen molar-refractivity contribution in [1.29, 1.82) is 0 Å². The molecule has 44 heavy (non-hydrogen) atoms. The van der Waals surface area contributed by atoms with Gasteiger partial charge in [-0.3, -0.25) is 0 Å². The predicted molar refractivity (Wildman–Crippen MR) is 187 cm³/mol. The fraction of sp³-hybridized carbons (Fsp3) is 0.0476. The first-order chi connectivity index (χ1) is 21.6. The van der Waals surface area contributed by atoms with Gasteiger partial charge in [0, 0.05) is 11.4 Å². The first-order valence-corrected chi connectivity index (χ1v) is 15.2. The van der Waals surface area contributed by atoms with Crippen LogP contribution in [0.3, 0.4) is 0 Å². The average Bonchev–Trinajstić information content (AvgIpc) is 3.08. The van der Waals surface area contributed by atoms with E-state index in [0.29, 0.717) is 0 Å². The predicted octanol–water partition coefficient (Wildman–Crippen LogP) is 12.0. The van der Waals surface area contributed by atoms with E-state index in [9.17, 15) is 0 Å². The maximum Gasteiger partial charge on any atom is 0.0709 e. The summed E-state index contributed by atoms with van der Waals surface area (Å²) in [5, 5.41) is 2.45. The highest BCUT2D eigenvalue weighted by atomic mass is 15.3. The van der Waals surface area contributed by atoms with Crippen molar-refractivity contribution in [2.45, 2.75) is 13.8 Å². The molecule has 0 N–H and O–H groups in total. The van der Waals surface area contributed by atoms with Gasteiger partial charge in [0.05, 0.1) is 22.7 Å². The zero-order chi connectivity index (χ0) is 29.6. The molecular weight excluding hydrogens is 532 g/mol. The van der Waals surface area contributed by atoms with Gasteiger partial charge in [-0.15, -0.1) is 0 Å². The van der Waals surface area contributed by atoms with E-state index in [0.717, 1.165) is 11.4 Å². The van der Waals surface area contributed by atoms with Gasteiger partial charge in [-0.2, -0.15) is 0 Å². The number of nitrogens with zero attached hydrogens (tertiary/aromatic N) is 2. The van der Waals surface area contributed by atoms with Crippen molar-refractivity contribution < 1.29 is 0 Å². The molecular formula is C42H32N2. The van der Waals surface area contributed by atoms with Gasteiger partial charge in [0.1, 0.15) is 0 Å². The van der Waals surface area contributed by atoms with Gasteiger partial charge in [-0.25, -0.2) is 0 Å². The van der Waals surface area contributed by atoms with Crippen LogP contribution in [0.1, 0.15) is 11.1 Å². The molecule has 0 saturated heterocycles. The minimum atomic E-state index is 1.14. The molecule has 0 radical (unpaired) electrons. The van der Waals surface area contributed by atoms with Crippen LogP contribution in [-0.4, -0.2) is 0 Å². The largest absolute Gasteiger partial charge is 0.306 e. The van der Waals surface area contributed by atoms with Gasteiger partial charge in [0.25, 0.3) is 0 Å². The van der Waals surface area contributed by atoms with Crippen molar-refractivity contribution in [3.05, 3.63) is 169 Å². The maximum absolute atomic E-state index is 2.44. The Labute approximate surface area is 259 Å². The summed E-state index contributed by atoms with van der Waals surface area (Å²) in [5.74, 6) is 0. The third-order valence-corrected chi connectivity index (χ3v) is 8.86. The second kappa shape index (κ2) is 10.6. The second-order valence-corrected chi connectivity index (χ2v) is 11.6. The smallest absolute Gasteiger partial charge is 0.0709 e. The molecule has 210 valence electrons. The first-order valence-electron chi connectivity index (χ1n) is 15.2. The van der Waals surface area contributed by atoms with Crippen molar-refractivity contribution in [1.82, 2.24) is 0 Å². The summed E-state index contributed by atoms with van der Waals surface area (Å²) in [6.45, 7) is 4.42. The standard InChI is InChI=1S/C42H32N2/c1-29-25-39-40(26-30(29)2)44(38-23-19-34(20-24-38)32-13-7-4-8-14-32)42-28-36-16-10-9-15-35(36)27-41(42)43(39)37-21-17-33(18-22-37)31-11-5-3-6-12-31/h3-28H,1-2H3. The summed E-state index contributed by atoms with van der Waals surface area (Å²) in [6.07, 6.45) is 0. The van der Waals surface area contributed by atoms with Gasteiger partial charge in [0.15, 0.2) is 0 Å². The van der Waals surface area contributed by atoms with E-state index in [2.05, 4.69) is 181 Å². The van der Waals surface area contributed by atoms with Gasteiger partial charge < -0.3 is 9.80 Å². The second-order valence-electron chi connectivity index (χ2n) is 11.6. The Bertz CT molecular complexity index is 1960. The Hall–Kier alpha value is -5.60. The molecule has 0 aliphatic carbocycles. The van der Waals surface area contributed by atoms with Gasteiger partial charge in [-0.05, 0) is 107 Å². The van der Waals surface area contributed by atoms with E-state index in [1.165, 1.54) is 66.9 Å². The number of aryl methyl sites for hydroxylation is 2. The average molecular weight is 565 g/mol. The molecule has 0 saturated carbocycles. The fourth-order valence-corrected chi connectivity index (χ4v) is 6.40. The zero-order valence-electron chi connectivity index (χ0n) is 24.9. The molecule has 0 aromatic heterocycles. The van der Waals surface area contributed by atoms with Gasteiger partial charge >= 0.3 is 0 Å². The summed E-state index contributed by atoms with van der Waals surface area (Å²) in [5.41, 5.74) is 14.4. The van der Waals surface area contributed by atoms with Crippen molar-refractivity contribution in [2.24, 2.45) is 0 Å². The molecule has 0 bridgehead atoms. The minimum absolute atomic E-state index is 1.14. The zero-order valence-corrected chi connectivity index (χ0v) is 24.9. The summed E-state index contributed by atoms with van der Waals surface area (Å²) < 4.78 is 0. The van der Waals surface area contributed by atoms with Crippen molar-refractivity contribution in [3.8, 4) is 22.3 Å². The molecule has 2 heteroatoms. The Morgan fingerprint density at radius 3 is 1.02 bits per heavy atom. The Balaban J connectivity index is 1.33. The van der Waals surface area contributed by atoms with Crippen LogP contribution in [0.5, 0.6) is 0 Å². The van der Waals surface area contributed by atoms with E-state index in [-0.39, 0.29) is 0 Å². The Kier molecular flexibility index (Phi) is 6.27. The van der Waals surface area contributed by atoms with E-state index in [1.54, 1.807) is 0 Å². The molecule has 1 aliphatic rings. The lowest BCUT2D eigenvalue weighted by Crippen LogP contribution is -2.24. The topological polar surface area (TPSA) is 6.48 Å². The van der Waals surface area contributed by atoms with Crippen molar-refractivity contribution in [2.75, 3.05) is 9.80 Å². The van der Waals surface area contributed by atoms with E-state index in [4.69, 9.17) is 0 Å². The fourth-order valence-electron chi connectivity index (χ4n) is 6.40. The SMILES string of the molecule is Cc1cc2c(cc1C)N(c1ccc(-c3ccccc3)cc1)c1cc3ccccc3cc1N2c1ccc(-c2ccccc2)cc1. The van der Waals surface area contributed by atoms with Crippen LogP contribution >= 0.6 is 0 Å². The molecule has 7 aromatic rings. The molecule has 0 amide bonds. The van der Waals surface area contributed by atoms with Crippen LogP contribution in [0.15, 0.2) is 158 Å². The third-order valence-electron chi connectivity index (χ3n) is 8.86. The monoisotopic (exact) mass is 564 g/mol. The van der Waals surface area contributed by atoms with Crippen LogP contribution in [0, 0.1) is 13.8 Å². The van der Waals surface area contributed by atoms with Crippen LogP contribution in [0.25, 0.3) is 33.0 Å².